The van der Waals surface area contributed by atoms with Gasteiger partial charge < -0.3 is 16.2 Å². The molecule has 2 aromatic carbocycles. The zero-order valence-corrected chi connectivity index (χ0v) is 12.3. The molecule has 0 radical (unpaired) electrons. The number of benzene rings is 2. The first kappa shape index (κ1) is 14.6. The lowest BCUT2D eigenvalue weighted by atomic mass is 10.1. The van der Waals surface area contributed by atoms with E-state index in [4.69, 9.17) is 5.73 Å². The zero-order chi connectivity index (χ0) is 14.5. The van der Waals surface area contributed by atoms with Crippen molar-refractivity contribution in [2.24, 2.45) is 0 Å². The molecule has 1 amide bonds. The van der Waals surface area contributed by atoms with Crippen LogP contribution in [0.15, 0.2) is 53.0 Å². The van der Waals surface area contributed by atoms with E-state index in [-0.39, 0.29) is 12.5 Å². The Hall–Kier alpha value is -1.85. The highest BCUT2D eigenvalue weighted by molar-refractivity contribution is 9.10. The smallest absolute Gasteiger partial charge is 0.251 e. The van der Waals surface area contributed by atoms with E-state index < -0.39 is 6.10 Å². The van der Waals surface area contributed by atoms with Gasteiger partial charge in [-0.3, -0.25) is 4.79 Å². The minimum atomic E-state index is -0.755. The Labute approximate surface area is 125 Å². The van der Waals surface area contributed by atoms with Crippen LogP contribution in [0.5, 0.6) is 0 Å². The minimum Gasteiger partial charge on any atom is -0.399 e. The molecule has 0 aliphatic heterocycles. The lowest BCUT2D eigenvalue weighted by Gasteiger charge is -2.12. The molecule has 5 heteroatoms. The van der Waals surface area contributed by atoms with Gasteiger partial charge in [-0.05, 0) is 42.0 Å². The van der Waals surface area contributed by atoms with E-state index in [0.29, 0.717) is 11.3 Å². The van der Waals surface area contributed by atoms with Gasteiger partial charge in [-0.25, -0.2) is 0 Å². The second-order valence-corrected chi connectivity index (χ2v) is 5.32. The van der Waals surface area contributed by atoms with Crippen LogP contribution in [-0.4, -0.2) is 17.6 Å². The third kappa shape index (κ3) is 3.82. The van der Waals surface area contributed by atoms with Crippen molar-refractivity contribution in [2.45, 2.75) is 6.10 Å². The Bertz CT molecular complexity index is 582. The summed E-state index contributed by atoms with van der Waals surface area (Å²) in [5.74, 6) is -0.216. The van der Waals surface area contributed by atoms with Crippen molar-refractivity contribution in [1.29, 1.82) is 0 Å². The van der Waals surface area contributed by atoms with E-state index in [1.54, 1.807) is 48.5 Å². The third-order valence-electron chi connectivity index (χ3n) is 2.88. The van der Waals surface area contributed by atoms with Gasteiger partial charge in [-0.15, -0.1) is 0 Å². The predicted octanol–water partition coefficient (Wildman–Crippen LogP) is 2.49. The highest BCUT2D eigenvalue weighted by atomic mass is 79.9. The average molecular weight is 335 g/mol. The number of nitrogens with two attached hydrogens (primary N) is 1. The largest absolute Gasteiger partial charge is 0.399 e. The van der Waals surface area contributed by atoms with Crippen LogP contribution in [0.4, 0.5) is 5.69 Å². The molecule has 0 saturated heterocycles. The predicted molar refractivity (Wildman–Crippen MR) is 82.3 cm³/mol. The summed E-state index contributed by atoms with van der Waals surface area (Å²) in [7, 11) is 0. The molecule has 0 saturated carbocycles. The molecule has 0 aliphatic carbocycles. The van der Waals surface area contributed by atoms with Gasteiger partial charge in [-0.2, -0.15) is 0 Å². The Kier molecular flexibility index (Phi) is 4.76. The molecule has 104 valence electrons. The van der Waals surface area contributed by atoms with Gasteiger partial charge in [0.2, 0.25) is 0 Å². The van der Waals surface area contributed by atoms with Gasteiger partial charge >= 0.3 is 0 Å². The lowest BCUT2D eigenvalue weighted by Crippen LogP contribution is -2.28. The molecule has 0 spiro atoms. The molecule has 4 N–H and O–H groups in total. The van der Waals surface area contributed by atoms with Crippen molar-refractivity contribution >= 4 is 27.5 Å². The fourth-order valence-electron chi connectivity index (χ4n) is 1.73. The molecule has 0 fully saturated rings. The number of aliphatic hydroxyl groups is 1. The van der Waals surface area contributed by atoms with E-state index in [9.17, 15) is 9.90 Å². The Morgan fingerprint density at radius 3 is 2.35 bits per heavy atom. The van der Waals surface area contributed by atoms with Crippen LogP contribution in [0, 0.1) is 0 Å². The maximum absolute atomic E-state index is 11.9. The normalized spacial score (nSPS) is 11.9. The summed E-state index contributed by atoms with van der Waals surface area (Å²) in [6, 6.07) is 13.9. The monoisotopic (exact) mass is 334 g/mol. The van der Waals surface area contributed by atoms with E-state index >= 15 is 0 Å². The first-order chi connectivity index (χ1) is 9.56. The summed E-state index contributed by atoms with van der Waals surface area (Å²) < 4.78 is 0.913. The number of hydrogen-bond donors (Lipinski definition) is 3. The number of nitrogens with one attached hydrogen (secondary N) is 1. The Balaban J connectivity index is 1.92. The third-order valence-corrected chi connectivity index (χ3v) is 3.41. The number of hydrogen-bond acceptors (Lipinski definition) is 3. The molecule has 0 aliphatic rings. The summed E-state index contributed by atoms with van der Waals surface area (Å²) in [6.07, 6.45) is -0.755. The van der Waals surface area contributed by atoms with Crippen LogP contribution in [0.1, 0.15) is 22.0 Å². The number of nitrogen functional groups attached to an aromatic ring is 1. The van der Waals surface area contributed by atoms with E-state index in [0.717, 1.165) is 10.0 Å². The van der Waals surface area contributed by atoms with Gasteiger partial charge in [-0.1, -0.05) is 28.1 Å². The number of halogens is 1. The summed E-state index contributed by atoms with van der Waals surface area (Å²) in [5.41, 5.74) is 7.49. The molecular formula is C15H15BrN2O2. The van der Waals surface area contributed by atoms with Crippen molar-refractivity contribution in [3.8, 4) is 0 Å². The van der Waals surface area contributed by atoms with Crippen molar-refractivity contribution in [1.82, 2.24) is 5.32 Å². The SMILES string of the molecule is Nc1ccc(C(O)CNC(=O)c2ccc(Br)cc2)cc1. The standard InChI is InChI=1S/C15H15BrN2O2/c16-12-5-1-11(2-6-12)15(20)18-9-14(19)10-3-7-13(17)8-4-10/h1-8,14,19H,9,17H2,(H,18,20). The average Bonchev–Trinajstić information content (AvgIpc) is 2.46. The topological polar surface area (TPSA) is 75.3 Å². The molecule has 2 rings (SSSR count). The summed E-state index contributed by atoms with van der Waals surface area (Å²) in [4.78, 5) is 11.9. The highest BCUT2D eigenvalue weighted by Crippen LogP contribution is 2.14. The van der Waals surface area contributed by atoms with Gasteiger partial charge in [0.1, 0.15) is 0 Å². The molecule has 4 nitrogen and oxygen atoms in total. The molecule has 2 aromatic rings. The Morgan fingerprint density at radius 2 is 1.75 bits per heavy atom. The highest BCUT2D eigenvalue weighted by Gasteiger charge is 2.10. The quantitative estimate of drug-likeness (QED) is 0.752. The van der Waals surface area contributed by atoms with Crippen molar-refractivity contribution in [3.63, 3.8) is 0 Å². The number of carbonyl (C=O) groups excluding carboxylic acids is 1. The van der Waals surface area contributed by atoms with E-state index in [2.05, 4.69) is 21.2 Å². The maximum atomic E-state index is 11.9. The van der Waals surface area contributed by atoms with Crippen LogP contribution in [0.25, 0.3) is 0 Å². The zero-order valence-electron chi connectivity index (χ0n) is 10.7. The summed E-state index contributed by atoms with van der Waals surface area (Å²) in [5, 5.41) is 12.7. The van der Waals surface area contributed by atoms with Crippen molar-refractivity contribution in [2.75, 3.05) is 12.3 Å². The second kappa shape index (κ2) is 6.54. The lowest BCUT2D eigenvalue weighted by molar-refractivity contribution is 0.0916. The molecule has 0 heterocycles. The number of rotatable bonds is 4. The molecule has 1 atom stereocenters. The van der Waals surface area contributed by atoms with Gasteiger partial charge in [0, 0.05) is 22.3 Å². The van der Waals surface area contributed by atoms with Gasteiger partial charge in [0.15, 0.2) is 0 Å². The molecule has 0 aromatic heterocycles. The van der Waals surface area contributed by atoms with E-state index in [1.807, 2.05) is 0 Å². The number of aliphatic hydroxyl groups excluding tert-OH is 1. The molecule has 20 heavy (non-hydrogen) atoms. The van der Waals surface area contributed by atoms with Crippen LogP contribution >= 0.6 is 15.9 Å². The fourth-order valence-corrected chi connectivity index (χ4v) is 1.99. The van der Waals surface area contributed by atoms with Crippen molar-refractivity contribution < 1.29 is 9.90 Å². The van der Waals surface area contributed by atoms with Gasteiger partial charge in [0.25, 0.3) is 5.91 Å². The number of anilines is 1. The molecule has 1 unspecified atom stereocenters. The first-order valence-electron chi connectivity index (χ1n) is 6.13. The summed E-state index contributed by atoms with van der Waals surface area (Å²) >= 11 is 3.31. The number of amides is 1. The van der Waals surface area contributed by atoms with Crippen LogP contribution in [0.2, 0.25) is 0 Å². The molecular weight excluding hydrogens is 320 g/mol. The van der Waals surface area contributed by atoms with Crippen molar-refractivity contribution in [3.05, 3.63) is 64.1 Å². The maximum Gasteiger partial charge on any atom is 0.251 e. The van der Waals surface area contributed by atoms with Crippen LogP contribution in [0.3, 0.4) is 0 Å². The van der Waals surface area contributed by atoms with E-state index in [1.165, 1.54) is 0 Å². The second-order valence-electron chi connectivity index (χ2n) is 4.40. The first-order valence-corrected chi connectivity index (χ1v) is 6.93. The van der Waals surface area contributed by atoms with Gasteiger partial charge in [0.05, 0.1) is 6.10 Å². The Morgan fingerprint density at radius 1 is 1.15 bits per heavy atom. The van der Waals surface area contributed by atoms with Crippen LogP contribution in [-0.2, 0) is 0 Å². The van der Waals surface area contributed by atoms with Crippen LogP contribution < -0.4 is 11.1 Å². The molecule has 0 bridgehead atoms. The minimum absolute atomic E-state index is 0.152. The summed E-state index contributed by atoms with van der Waals surface area (Å²) in [6.45, 7) is 0.152. The number of carbonyl (C=O) groups is 1. The fraction of sp³-hybridized carbons (Fsp3) is 0.133.